The van der Waals surface area contributed by atoms with Crippen molar-refractivity contribution in [2.45, 2.75) is 51.4 Å². The van der Waals surface area contributed by atoms with Gasteiger partial charge in [-0.2, -0.15) is 0 Å². The van der Waals surface area contributed by atoms with E-state index in [2.05, 4.69) is 121 Å². The van der Waals surface area contributed by atoms with Crippen molar-refractivity contribution >= 4 is 22.3 Å². The Balaban J connectivity index is 1.69. The standard InChI is InChI=1S/C40H36/c1-5-17-29(18-6-1)37-33-25-13-14-26-34(33)39(31-21-9-3-10-22-31)40(32-23-11-4-12-24-32)36-28-16-15-27-35(36)38(37)30-19-7-2-8-20-30/h1-12,17-24H,13-16,25-28H2/b37-33-,38-35+,38-37?,39-34?,40-36+,40-39?. The Morgan fingerprint density at radius 3 is 0.650 bits per heavy atom. The van der Waals surface area contributed by atoms with Gasteiger partial charge in [0.2, 0.25) is 0 Å². The Morgan fingerprint density at radius 2 is 0.450 bits per heavy atom. The normalized spacial score (nSPS) is 23.2. The highest BCUT2D eigenvalue weighted by atomic mass is 14.4. The fourth-order valence-corrected chi connectivity index (χ4v) is 7.21. The summed E-state index contributed by atoms with van der Waals surface area (Å²) < 4.78 is 0. The van der Waals surface area contributed by atoms with Crippen molar-refractivity contribution in [1.29, 1.82) is 0 Å². The average molecular weight is 517 g/mol. The molecule has 2 fully saturated rings. The van der Waals surface area contributed by atoms with Crippen LogP contribution < -0.4 is 0 Å². The summed E-state index contributed by atoms with van der Waals surface area (Å²) in [7, 11) is 0. The summed E-state index contributed by atoms with van der Waals surface area (Å²) in [5.41, 5.74) is 17.5. The lowest BCUT2D eigenvalue weighted by Crippen LogP contribution is -2.14. The van der Waals surface area contributed by atoms with Crippen LogP contribution in [0.15, 0.2) is 144 Å². The van der Waals surface area contributed by atoms with Crippen LogP contribution >= 0.6 is 0 Å². The first-order chi connectivity index (χ1) is 19.9. The monoisotopic (exact) mass is 516 g/mol. The van der Waals surface area contributed by atoms with E-state index in [4.69, 9.17) is 0 Å². The van der Waals surface area contributed by atoms with Gasteiger partial charge in [0.25, 0.3) is 0 Å². The molecule has 0 radical (unpaired) electrons. The molecular formula is C40H36. The zero-order valence-corrected chi connectivity index (χ0v) is 23.2. The summed E-state index contributed by atoms with van der Waals surface area (Å²) in [5.74, 6) is 0. The van der Waals surface area contributed by atoms with Crippen LogP contribution in [0, 0.1) is 0 Å². The Bertz CT molecular complexity index is 1370. The van der Waals surface area contributed by atoms with Gasteiger partial charge in [-0.3, -0.25) is 0 Å². The lowest BCUT2D eigenvalue weighted by atomic mass is 9.68. The van der Waals surface area contributed by atoms with Crippen LogP contribution in [0.4, 0.5) is 0 Å². The fourth-order valence-electron chi connectivity index (χ4n) is 7.21. The van der Waals surface area contributed by atoms with Crippen LogP contribution in [-0.4, -0.2) is 0 Å². The van der Waals surface area contributed by atoms with Crippen molar-refractivity contribution in [2.75, 3.05) is 0 Å². The highest BCUT2D eigenvalue weighted by Crippen LogP contribution is 2.54. The van der Waals surface area contributed by atoms with E-state index in [0.717, 1.165) is 25.7 Å². The summed E-state index contributed by atoms with van der Waals surface area (Å²) in [6, 6.07) is 45.0. The largest absolute Gasteiger partial charge is 0.0622 e. The number of hydrogen-bond donors (Lipinski definition) is 0. The molecule has 4 aromatic rings. The van der Waals surface area contributed by atoms with Gasteiger partial charge in [-0.1, -0.05) is 121 Å². The molecule has 3 aliphatic carbocycles. The summed E-state index contributed by atoms with van der Waals surface area (Å²) in [4.78, 5) is 0. The zero-order chi connectivity index (χ0) is 26.7. The second-order valence-corrected chi connectivity index (χ2v) is 11.3. The Labute approximate surface area is 239 Å². The number of hydrogen-bond acceptors (Lipinski definition) is 0. The van der Waals surface area contributed by atoms with Gasteiger partial charge in [0, 0.05) is 0 Å². The van der Waals surface area contributed by atoms with E-state index in [9.17, 15) is 0 Å². The van der Waals surface area contributed by atoms with Gasteiger partial charge in [-0.05, 0) is 118 Å². The SMILES string of the molecule is c1ccc(C2=C3CCCC/C3=C(c3ccccc3)/C(c3ccccc3)=C3\CCCC\C3=C/2c2ccccc2)cc1. The van der Waals surface area contributed by atoms with Gasteiger partial charge in [-0.25, -0.2) is 0 Å². The van der Waals surface area contributed by atoms with Crippen molar-refractivity contribution in [2.24, 2.45) is 0 Å². The van der Waals surface area contributed by atoms with E-state index >= 15 is 0 Å². The molecule has 0 spiro atoms. The summed E-state index contributed by atoms with van der Waals surface area (Å²) in [6.07, 6.45) is 9.46. The first-order valence-corrected chi connectivity index (χ1v) is 15.1. The first kappa shape index (κ1) is 24.9. The van der Waals surface area contributed by atoms with Crippen molar-refractivity contribution in [3.8, 4) is 0 Å². The molecule has 0 heterocycles. The number of allylic oxidation sites excluding steroid dienone is 8. The fraction of sp³-hybridized carbons (Fsp3) is 0.200. The quantitative estimate of drug-likeness (QED) is 0.253. The molecule has 0 aromatic heterocycles. The minimum absolute atomic E-state index is 1.12. The molecule has 0 heteroatoms. The zero-order valence-electron chi connectivity index (χ0n) is 23.2. The smallest absolute Gasteiger partial charge is 0.00675 e. The molecule has 0 bridgehead atoms. The van der Waals surface area contributed by atoms with Gasteiger partial charge in [0.1, 0.15) is 0 Å². The minimum atomic E-state index is 1.12. The molecule has 0 unspecified atom stereocenters. The molecular weight excluding hydrogens is 480 g/mol. The summed E-state index contributed by atoms with van der Waals surface area (Å²) >= 11 is 0. The van der Waals surface area contributed by atoms with Gasteiger partial charge < -0.3 is 0 Å². The molecule has 4 aromatic carbocycles. The summed E-state index contributed by atoms with van der Waals surface area (Å²) in [5, 5.41) is 0. The third-order valence-corrected chi connectivity index (χ3v) is 8.89. The highest BCUT2D eigenvalue weighted by Gasteiger charge is 2.33. The Morgan fingerprint density at radius 1 is 0.250 bits per heavy atom. The van der Waals surface area contributed by atoms with Crippen molar-refractivity contribution in [1.82, 2.24) is 0 Å². The molecule has 40 heavy (non-hydrogen) atoms. The maximum atomic E-state index is 2.34. The Kier molecular flexibility index (Phi) is 6.92. The van der Waals surface area contributed by atoms with E-state index in [1.54, 1.807) is 22.3 Å². The average Bonchev–Trinajstić information content (AvgIpc) is 3.03. The van der Waals surface area contributed by atoms with Crippen molar-refractivity contribution < 1.29 is 0 Å². The first-order valence-electron chi connectivity index (χ1n) is 15.1. The molecule has 2 saturated carbocycles. The van der Waals surface area contributed by atoms with Gasteiger partial charge in [0.05, 0.1) is 0 Å². The summed E-state index contributed by atoms with van der Waals surface area (Å²) in [6.45, 7) is 0. The highest BCUT2D eigenvalue weighted by molar-refractivity contribution is 6.17. The molecule has 3 aliphatic rings. The molecule has 0 N–H and O–H groups in total. The van der Waals surface area contributed by atoms with E-state index in [1.165, 1.54) is 70.2 Å². The number of rotatable bonds is 4. The van der Waals surface area contributed by atoms with Crippen molar-refractivity contribution in [3.63, 3.8) is 0 Å². The van der Waals surface area contributed by atoms with Gasteiger partial charge in [0.15, 0.2) is 0 Å². The second kappa shape index (κ2) is 11.1. The van der Waals surface area contributed by atoms with Gasteiger partial charge in [-0.15, -0.1) is 0 Å². The number of benzene rings is 4. The van der Waals surface area contributed by atoms with Crippen LogP contribution in [0.5, 0.6) is 0 Å². The van der Waals surface area contributed by atoms with Crippen LogP contribution in [0.25, 0.3) is 22.3 Å². The molecule has 196 valence electrons. The molecule has 0 nitrogen and oxygen atoms in total. The maximum Gasteiger partial charge on any atom is -0.00675 e. The van der Waals surface area contributed by atoms with E-state index in [0.29, 0.717) is 0 Å². The van der Waals surface area contributed by atoms with Crippen LogP contribution in [0.3, 0.4) is 0 Å². The van der Waals surface area contributed by atoms with E-state index in [-0.39, 0.29) is 0 Å². The van der Waals surface area contributed by atoms with E-state index < -0.39 is 0 Å². The third-order valence-electron chi connectivity index (χ3n) is 8.89. The van der Waals surface area contributed by atoms with Crippen molar-refractivity contribution in [3.05, 3.63) is 166 Å². The predicted octanol–water partition coefficient (Wildman–Crippen LogP) is 11.0. The van der Waals surface area contributed by atoms with Crippen LogP contribution in [0.1, 0.15) is 73.6 Å². The Hall–Kier alpha value is -4.16. The lowest BCUT2D eigenvalue weighted by Gasteiger charge is -2.35. The molecule has 0 saturated heterocycles. The topological polar surface area (TPSA) is 0 Å². The molecule has 7 rings (SSSR count). The molecule has 0 aliphatic heterocycles. The maximum absolute atomic E-state index is 2.34. The molecule has 0 amide bonds. The minimum Gasteiger partial charge on any atom is -0.0622 e. The van der Waals surface area contributed by atoms with Crippen LogP contribution in [-0.2, 0) is 0 Å². The van der Waals surface area contributed by atoms with Gasteiger partial charge >= 0.3 is 0 Å². The van der Waals surface area contributed by atoms with E-state index in [1.807, 2.05) is 0 Å². The third kappa shape index (κ3) is 4.52. The second-order valence-electron chi connectivity index (χ2n) is 11.3. The predicted molar refractivity (Wildman–Crippen MR) is 170 cm³/mol. The molecule has 0 atom stereocenters. The lowest BCUT2D eigenvalue weighted by molar-refractivity contribution is 0.676. The number of fused-ring (bicyclic) bond motifs is 2. The van der Waals surface area contributed by atoms with Crippen LogP contribution in [0.2, 0.25) is 0 Å².